The minimum absolute atomic E-state index is 0.00965. The molecule has 5 rings (SSSR count). The first-order chi connectivity index (χ1) is 15.3. The van der Waals surface area contributed by atoms with E-state index < -0.39 is 0 Å². The summed E-state index contributed by atoms with van der Waals surface area (Å²) in [7, 11) is 0. The molecule has 1 aromatic carbocycles. The van der Waals surface area contributed by atoms with Crippen LogP contribution in [-0.4, -0.2) is 65.6 Å². The average Bonchev–Trinajstić information content (AvgIpc) is 3.31. The third kappa shape index (κ3) is 4.20. The Hall–Kier alpha value is -3.88. The second-order valence-electron chi connectivity index (χ2n) is 7.19. The molecule has 158 valence electrons. The lowest BCUT2D eigenvalue weighted by molar-refractivity contribution is -0.133. The lowest BCUT2D eigenvalue weighted by Crippen LogP contribution is -2.50. The van der Waals surface area contributed by atoms with Gasteiger partial charge in [-0.2, -0.15) is 0 Å². The number of amides is 1. The van der Waals surface area contributed by atoms with Gasteiger partial charge in [-0.15, -0.1) is 10.2 Å². The van der Waals surface area contributed by atoms with Crippen molar-refractivity contribution in [2.75, 3.05) is 44.5 Å². The number of benzene rings is 1. The van der Waals surface area contributed by atoms with E-state index in [1.165, 1.54) is 0 Å². The molecule has 0 unspecified atom stereocenters. The van der Waals surface area contributed by atoms with Crippen molar-refractivity contribution in [1.82, 2.24) is 20.1 Å². The Bertz CT molecular complexity index is 1050. The zero-order valence-corrected chi connectivity index (χ0v) is 16.8. The summed E-state index contributed by atoms with van der Waals surface area (Å²) in [5.41, 5.74) is 1.69. The summed E-state index contributed by atoms with van der Waals surface area (Å²) >= 11 is 0. The van der Waals surface area contributed by atoms with Gasteiger partial charge in [0.2, 0.25) is 6.79 Å². The molecule has 9 nitrogen and oxygen atoms in total. The summed E-state index contributed by atoms with van der Waals surface area (Å²) in [4.78, 5) is 20.3. The van der Waals surface area contributed by atoms with Crippen LogP contribution >= 0.6 is 0 Å². The first kappa shape index (κ1) is 19.1. The molecule has 0 N–H and O–H groups in total. The molecule has 0 aliphatic carbocycles. The molecule has 0 saturated carbocycles. The monoisotopic (exact) mass is 419 g/mol. The molecular formula is C22H21N5O4. The summed E-state index contributed by atoms with van der Waals surface area (Å²) in [5.74, 6) is 2.81. The normalized spacial score (nSPS) is 15.1. The van der Waals surface area contributed by atoms with E-state index in [9.17, 15) is 4.79 Å². The van der Waals surface area contributed by atoms with Gasteiger partial charge in [0.1, 0.15) is 5.75 Å². The lowest BCUT2D eigenvalue weighted by Gasteiger charge is -2.35. The molecule has 0 atom stereocenters. The zero-order chi connectivity index (χ0) is 21.0. The second kappa shape index (κ2) is 8.47. The van der Waals surface area contributed by atoms with E-state index in [0.29, 0.717) is 31.9 Å². The third-order valence-electron chi connectivity index (χ3n) is 5.27. The number of rotatable bonds is 5. The Kier molecular flexibility index (Phi) is 5.22. The van der Waals surface area contributed by atoms with Crippen molar-refractivity contribution in [3.63, 3.8) is 0 Å². The van der Waals surface area contributed by atoms with Gasteiger partial charge in [0, 0.05) is 37.9 Å². The fraction of sp³-hybridized carbons (Fsp3) is 0.273. The molecule has 0 bridgehead atoms. The Labute approximate surface area is 179 Å². The number of carbonyl (C=O) groups is 1. The maximum absolute atomic E-state index is 12.4. The Morgan fingerprint density at radius 1 is 1.00 bits per heavy atom. The van der Waals surface area contributed by atoms with E-state index in [2.05, 4.69) is 20.1 Å². The van der Waals surface area contributed by atoms with Crippen LogP contribution in [0.25, 0.3) is 11.3 Å². The van der Waals surface area contributed by atoms with Crippen LogP contribution in [0.1, 0.15) is 0 Å². The van der Waals surface area contributed by atoms with Crippen molar-refractivity contribution in [2.45, 2.75) is 0 Å². The van der Waals surface area contributed by atoms with Crippen LogP contribution in [0, 0.1) is 0 Å². The van der Waals surface area contributed by atoms with Crippen LogP contribution in [0.4, 0.5) is 5.82 Å². The number of carbonyl (C=O) groups excluding carboxylic acids is 1. The highest BCUT2D eigenvalue weighted by Crippen LogP contribution is 2.35. The fourth-order valence-corrected chi connectivity index (χ4v) is 3.56. The molecule has 0 spiro atoms. The summed E-state index contributed by atoms with van der Waals surface area (Å²) in [6, 6.07) is 13.2. The molecule has 1 fully saturated rings. The van der Waals surface area contributed by atoms with Gasteiger partial charge >= 0.3 is 0 Å². The second-order valence-corrected chi connectivity index (χ2v) is 7.19. The average molecular weight is 419 g/mol. The minimum atomic E-state index is -0.0345. The van der Waals surface area contributed by atoms with Gasteiger partial charge in [-0.1, -0.05) is 0 Å². The molecule has 9 heteroatoms. The molecule has 2 aliphatic heterocycles. The minimum Gasteiger partial charge on any atom is -0.482 e. The van der Waals surface area contributed by atoms with E-state index in [1.54, 1.807) is 29.4 Å². The number of aromatic nitrogens is 3. The van der Waals surface area contributed by atoms with E-state index >= 15 is 0 Å². The molecule has 1 saturated heterocycles. The predicted molar refractivity (Wildman–Crippen MR) is 112 cm³/mol. The largest absolute Gasteiger partial charge is 0.482 e. The van der Waals surface area contributed by atoms with Gasteiger partial charge < -0.3 is 24.0 Å². The number of piperazine rings is 1. The highest BCUT2D eigenvalue weighted by Gasteiger charge is 2.22. The molecular weight excluding hydrogens is 398 g/mol. The van der Waals surface area contributed by atoms with Crippen LogP contribution in [-0.2, 0) is 4.79 Å². The van der Waals surface area contributed by atoms with E-state index in [-0.39, 0.29) is 19.3 Å². The summed E-state index contributed by atoms with van der Waals surface area (Å²) < 4.78 is 16.3. The van der Waals surface area contributed by atoms with E-state index in [1.807, 2.05) is 30.3 Å². The fourth-order valence-electron chi connectivity index (χ4n) is 3.56. The van der Waals surface area contributed by atoms with Crippen molar-refractivity contribution in [3.05, 3.63) is 54.9 Å². The molecule has 31 heavy (non-hydrogen) atoms. The topological polar surface area (TPSA) is 89.9 Å². The number of ether oxygens (including phenoxy) is 3. The Balaban J connectivity index is 1.16. The van der Waals surface area contributed by atoms with E-state index in [4.69, 9.17) is 14.2 Å². The Morgan fingerprint density at radius 3 is 2.65 bits per heavy atom. The first-order valence-electron chi connectivity index (χ1n) is 10.1. The maximum atomic E-state index is 12.4. The lowest BCUT2D eigenvalue weighted by atomic mass is 10.1. The van der Waals surface area contributed by atoms with Crippen molar-refractivity contribution in [1.29, 1.82) is 0 Å². The SMILES string of the molecule is O=C(COc1cccnc1)N1CCN(c2ccc(-c3ccc4c(c3)OCO4)nn2)CC1. The van der Waals surface area contributed by atoms with Gasteiger partial charge in [-0.3, -0.25) is 9.78 Å². The van der Waals surface area contributed by atoms with Gasteiger partial charge in [-0.05, 0) is 42.5 Å². The van der Waals surface area contributed by atoms with Crippen LogP contribution < -0.4 is 19.1 Å². The predicted octanol–water partition coefficient (Wildman–Crippen LogP) is 1.99. The van der Waals surface area contributed by atoms with Crippen molar-refractivity contribution in [2.24, 2.45) is 0 Å². The molecule has 3 aromatic rings. The number of pyridine rings is 1. The Morgan fingerprint density at radius 2 is 1.87 bits per heavy atom. The molecule has 4 heterocycles. The number of nitrogens with zero attached hydrogens (tertiary/aromatic N) is 5. The van der Waals surface area contributed by atoms with Crippen LogP contribution in [0.2, 0.25) is 0 Å². The zero-order valence-electron chi connectivity index (χ0n) is 16.8. The standard InChI is InChI=1S/C22H21N5O4/c28-22(14-29-17-2-1-7-23-13-17)27-10-8-26(9-11-27)21-6-4-18(24-25-21)16-3-5-19-20(12-16)31-15-30-19/h1-7,12-13H,8-11,14-15H2. The molecule has 2 aliphatic rings. The van der Waals surface area contributed by atoms with E-state index in [0.717, 1.165) is 28.6 Å². The van der Waals surface area contributed by atoms with Gasteiger partial charge in [0.05, 0.1) is 11.9 Å². The number of fused-ring (bicyclic) bond motifs is 1. The molecule has 1 amide bonds. The van der Waals surface area contributed by atoms with Gasteiger partial charge in [0.25, 0.3) is 5.91 Å². The quantitative estimate of drug-likeness (QED) is 0.620. The van der Waals surface area contributed by atoms with Crippen molar-refractivity contribution in [3.8, 4) is 28.5 Å². The van der Waals surface area contributed by atoms with Crippen LogP contribution in [0.5, 0.6) is 17.2 Å². The molecule has 0 radical (unpaired) electrons. The summed E-state index contributed by atoms with van der Waals surface area (Å²) in [6.45, 7) is 2.86. The number of hydrogen-bond acceptors (Lipinski definition) is 8. The first-order valence-corrected chi connectivity index (χ1v) is 10.1. The van der Waals surface area contributed by atoms with Crippen LogP contribution in [0.3, 0.4) is 0 Å². The third-order valence-corrected chi connectivity index (χ3v) is 5.27. The molecule has 2 aromatic heterocycles. The number of hydrogen-bond donors (Lipinski definition) is 0. The van der Waals surface area contributed by atoms with Crippen LogP contribution in [0.15, 0.2) is 54.9 Å². The highest BCUT2D eigenvalue weighted by atomic mass is 16.7. The highest BCUT2D eigenvalue weighted by molar-refractivity contribution is 5.78. The number of anilines is 1. The maximum Gasteiger partial charge on any atom is 0.260 e. The van der Waals surface area contributed by atoms with Crippen molar-refractivity contribution < 1.29 is 19.0 Å². The van der Waals surface area contributed by atoms with Crippen molar-refractivity contribution >= 4 is 11.7 Å². The van der Waals surface area contributed by atoms with Gasteiger partial charge in [-0.25, -0.2) is 0 Å². The summed E-state index contributed by atoms with van der Waals surface area (Å²) in [5, 5.41) is 8.76. The van der Waals surface area contributed by atoms with Gasteiger partial charge in [0.15, 0.2) is 23.9 Å². The summed E-state index contributed by atoms with van der Waals surface area (Å²) in [6.07, 6.45) is 3.26. The smallest absolute Gasteiger partial charge is 0.260 e.